The van der Waals surface area contributed by atoms with Crippen LogP contribution in [0.4, 0.5) is 8.78 Å². The topological polar surface area (TPSA) is 35.2 Å². The summed E-state index contributed by atoms with van der Waals surface area (Å²) in [6.07, 6.45) is 0. The second-order valence-electron chi connectivity index (χ2n) is 4.42. The molecule has 2 rings (SSSR count). The molecule has 2 N–H and O–H groups in total. The summed E-state index contributed by atoms with van der Waals surface area (Å²) in [5.41, 5.74) is 7.55. The first kappa shape index (κ1) is 14.9. The first-order valence-corrected chi connectivity index (χ1v) is 6.87. The quantitative estimate of drug-likeness (QED) is 0.909. The summed E-state index contributed by atoms with van der Waals surface area (Å²) in [5, 5.41) is 0. The van der Waals surface area contributed by atoms with Gasteiger partial charge in [0.05, 0.1) is 0 Å². The van der Waals surface area contributed by atoms with Crippen molar-refractivity contribution >= 4 is 15.9 Å². The van der Waals surface area contributed by atoms with Gasteiger partial charge in [-0.15, -0.1) is 0 Å². The van der Waals surface area contributed by atoms with Crippen molar-refractivity contribution < 1.29 is 13.5 Å². The second-order valence-corrected chi connectivity index (χ2v) is 5.33. The highest BCUT2D eigenvalue weighted by Gasteiger charge is 2.11. The lowest BCUT2D eigenvalue weighted by Gasteiger charge is -2.14. The molecule has 0 aliphatic heterocycles. The smallest absolute Gasteiger partial charge is 0.165 e. The molecule has 0 amide bonds. The summed E-state index contributed by atoms with van der Waals surface area (Å²) in [6, 6.07) is 7.76. The van der Waals surface area contributed by atoms with Crippen LogP contribution in [0.5, 0.6) is 5.75 Å². The van der Waals surface area contributed by atoms with Crippen molar-refractivity contribution in [1.29, 1.82) is 0 Å². The predicted octanol–water partition coefficient (Wildman–Crippen LogP) is 4.07. The van der Waals surface area contributed by atoms with Gasteiger partial charge in [-0.05, 0) is 30.7 Å². The molecule has 0 aliphatic carbocycles. The SMILES string of the molecule is Cc1cc(Br)cc(CN)c1OCc1cccc(F)c1F. The number of hydrogen-bond acceptors (Lipinski definition) is 2. The maximum atomic E-state index is 13.6. The van der Waals surface area contributed by atoms with E-state index in [0.717, 1.165) is 21.7 Å². The Morgan fingerprint density at radius 2 is 1.95 bits per heavy atom. The van der Waals surface area contributed by atoms with Crippen LogP contribution in [0.1, 0.15) is 16.7 Å². The molecule has 106 valence electrons. The molecule has 0 spiro atoms. The lowest BCUT2D eigenvalue weighted by Crippen LogP contribution is -2.06. The molecular formula is C15H14BrF2NO. The molecule has 0 fully saturated rings. The van der Waals surface area contributed by atoms with Crippen LogP contribution in [0.2, 0.25) is 0 Å². The maximum Gasteiger partial charge on any atom is 0.165 e. The van der Waals surface area contributed by atoms with Crippen LogP contribution >= 0.6 is 15.9 Å². The van der Waals surface area contributed by atoms with E-state index in [2.05, 4.69) is 15.9 Å². The van der Waals surface area contributed by atoms with E-state index >= 15 is 0 Å². The third kappa shape index (κ3) is 3.16. The summed E-state index contributed by atoms with van der Waals surface area (Å²) in [6.45, 7) is 2.14. The molecule has 5 heteroatoms. The highest BCUT2D eigenvalue weighted by Crippen LogP contribution is 2.28. The second kappa shape index (κ2) is 6.33. The normalized spacial score (nSPS) is 10.7. The monoisotopic (exact) mass is 341 g/mol. The predicted molar refractivity (Wildman–Crippen MR) is 77.5 cm³/mol. The van der Waals surface area contributed by atoms with Crippen molar-refractivity contribution in [1.82, 2.24) is 0 Å². The van der Waals surface area contributed by atoms with Gasteiger partial charge >= 0.3 is 0 Å². The Hall–Kier alpha value is -1.46. The van der Waals surface area contributed by atoms with Gasteiger partial charge in [-0.3, -0.25) is 0 Å². The van der Waals surface area contributed by atoms with Gasteiger partial charge in [0, 0.05) is 22.1 Å². The van der Waals surface area contributed by atoms with Crippen LogP contribution in [0.25, 0.3) is 0 Å². The van der Waals surface area contributed by atoms with E-state index < -0.39 is 11.6 Å². The number of aryl methyl sites for hydroxylation is 1. The number of rotatable bonds is 4. The first-order chi connectivity index (χ1) is 9.52. The third-order valence-electron chi connectivity index (χ3n) is 2.94. The zero-order chi connectivity index (χ0) is 14.7. The molecule has 0 saturated heterocycles. The lowest BCUT2D eigenvalue weighted by atomic mass is 10.1. The zero-order valence-electron chi connectivity index (χ0n) is 10.9. The van der Waals surface area contributed by atoms with Crippen molar-refractivity contribution in [2.24, 2.45) is 5.73 Å². The lowest BCUT2D eigenvalue weighted by molar-refractivity contribution is 0.292. The highest BCUT2D eigenvalue weighted by molar-refractivity contribution is 9.10. The van der Waals surface area contributed by atoms with Crippen molar-refractivity contribution in [3.63, 3.8) is 0 Å². The molecule has 20 heavy (non-hydrogen) atoms. The molecule has 0 atom stereocenters. The van der Waals surface area contributed by atoms with E-state index in [4.69, 9.17) is 10.5 Å². The average molecular weight is 342 g/mol. The van der Waals surface area contributed by atoms with Crippen LogP contribution in [-0.2, 0) is 13.2 Å². The molecule has 0 aliphatic rings. The molecule has 2 nitrogen and oxygen atoms in total. The van der Waals surface area contributed by atoms with Gasteiger partial charge in [0.15, 0.2) is 11.6 Å². The summed E-state index contributed by atoms with van der Waals surface area (Å²) >= 11 is 3.38. The van der Waals surface area contributed by atoms with E-state index in [9.17, 15) is 8.78 Å². The van der Waals surface area contributed by atoms with Crippen LogP contribution < -0.4 is 10.5 Å². The van der Waals surface area contributed by atoms with Gasteiger partial charge in [-0.1, -0.05) is 28.1 Å². The summed E-state index contributed by atoms with van der Waals surface area (Å²) < 4.78 is 33.2. The van der Waals surface area contributed by atoms with Crippen molar-refractivity contribution in [2.75, 3.05) is 0 Å². The molecule has 0 unspecified atom stereocenters. The Morgan fingerprint density at radius 1 is 1.20 bits per heavy atom. The van der Waals surface area contributed by atoms with Gasteiger partial charge < -0.3 is 10.5 Å². The number of ether oxygens (including phenoxy) is 1. The zero-order valence-corrected chi connectivity index (χ0v) is 12.5. The standard InChI is InChI=1S/C15H14BrF2NO/c1-9-5-12(16)6-11(7-19)15(9)20-8-10-3-2-4-13(17)14(10)18/h2-6H,7-8,19H2,1H3. The molecule has 2 aromatic carbocycles. The van der Waals surface area contributed by atoms with Crippen molar-refractivity contribution in [3.8, 4) is 5.75 Å². The van der Waals surface area contributed by atoms with E-state index in [0.29, 0.717) is 12.3 Å². The minimum absolute atomic E-state index is 0.0426. The van der Waals surface area contributed by atoms with E-state index in [1.165, 1.54) is 12.1 Å². The Labute approximate surface area is 124 Å². The Kier molecular flexibility index (Phi) is 4.73. The van der Waals surface area contributed by atoms with Gasteiger partial charge in [0.25, 0.3) is 0 Å². The van der Waals surface area contributed by atoms with Crippen LogP contribution in [0.3, 0.4) is 0 Å². The molecular weight excluding hydrogens is 328 g/mol. The average Bonchev–Trinajstić information content (AvgIpc) is 2.41. The fourth-order valence-corrected chi connectivity index (χ4v) is 2.59. The molecule has 0 radical (unpaired) electrons. The van der Waals surface area contributed by atoms with Crippen molar-refractivity contribution in [3.05, 3.63) is 63.1 Å². The van der Waals surface area contributed by atoms with Crippen LogP contribution in [0.15, 0.2) is 34.8 Å². The van der Waals surface area contributed by atoms with Crippen LogP contribution in [-0.4, -0.2) is 0 Å². The Morgan fingerprint density at radius 3 is 2.65 bits per heavy atom. The molecule has 0 bridgehead atoms. The summed E-state index contributed by atoms with van der Waals surface area (Å²) in [4.78, 5) is 0. The van der Waals surface area contributed by atoms with Gasteiger partial charge in [-0.2, -0.15) is 0 Å². The molecule has 0 saturated carbocycles. The largest absolute Gasteiger partial charge is 0.488 e. The van der Waals surface area contributed by atoms with Gasteiger partial charge in [0.1, 0.15) is 12.4 Å². The van der Waals surface area contributed by atoms with E-state index in [-0.39, 0.29) is 12.2 Å². The Bertz CT molecular complexity index is 632. The third-order valence-corrected chi connectivity index (χ3v) is 3.40. The van der Waals surface area contributed by atoms with Gasteiger partial charge in [0.2, 0.25) is 0 Å². The van der Waals surface area contributed by atoms with Crippen molar-refractivity contribution in [2.45, 2.75) is 20.1 Å². The first-order valence-electron chi connectivity index (χ1n) is 6.07. The van der Waals surface area contributed by atoms with E-state index in [1.807, 2.05) is 19.1 Å². The van der Waals surface area contributed by atoms with Gasteiger partial charge in [-0.25, -0.2) is 8.78 Å². The number of benzene rings is 2. The highest BCUT2D eigenvalue weighted by atomic mass is 79.9. The fourth-order valence-electron chi connectivity index (χ4n) is 1.97. The van der Waals surface area contributed by atoms with Crippen LogP contribution in [0, 0.1) is 18.6 Å². The summed E-state index contributed by atoms with van der Waals surface area (Å²) in [7, 11) is 0. The number of halogens is 3. The molecule has 0 heterocycles. The Balaban J connectivity index is 2.25. The minimum Gasteiger partial charge on any atom is -0.488 e. The number of hydrogen-bond donors (Lipinski definition) is 1. The molecule has 0 aromatic heterocycles. The number of nitrogens with two attached hydrogens (primary N) is 1. The minimum atomic E-state index is -0.878. The molecule has 2 aromatic rings. The summed E-state index contributed by atoms with van der Waals surface area (Å²) in [5.74, 6) is -1.14. The maximum absolute atomic E-state index is 13.6. The van der Waals surface area contributed by atoms with E-state index in [1.54, 1.807) is 0 Å². The fraction of sp³-hybridized carbons (Fsp3) is 0.200.